The fourth-order valence-corrected chi connectivity index (χ4v) is 1.86. The topological polar surface area (TPSA) is 26.3 Å². The Balaban J connectivity index is 2.25. The van der Waals surface area contributed by atoms with Gasteiger partial charge >= 0.3 is 5.97 Å². The van der Waals surface area contributed by atoms with Gasteiger partial charge in [-0.15, -0.1) is 0 Å². The van der Waals surface area contributed by atoms with Gasteiger partial charge in [-0.1, -0.05) is 38.3 Å². The van der Waals surface area contributed by atoms with Gasteiger partial charge in [-0.25, -0.2) is 4.79 Å². The molecule has 0 N–H and O–H groups in total. The standard InChI is InChI=1S/C14H22O2/c1-3-4-5-6-7-8-9-13-10-12(2)16-14(15)11-13/h8-9,11-12H,3-7,10H2,1-2H3/b9-8+. The van der Waals surface area contributed by atoms with Crippen LogP contribution in [0, 0.1) is 0 Å². The van der Waals surface area contributed by atoms with Crippen molar-refractivity contribution in [3.63, 3.8) is 0 Å². The van der Waals surface area contributed by atoms with E-state index >= 15 is 0 Å². The van der Waals surface area contributed by atoms with Gasteiger partial charge < -0.3 is 4.74 Å². The zero-order valence-corrected chi connectivity index (χ0v) is 10.4. The lowest BCUT2D eigenvalue weighted by Gasteiger charge is -2.17. The molecular weight excluding hydrogens is 200 g/mol. The molecule has 2 nitrogen and oxygen atoms in total. The van der Waals surface area contributed by atoms with Crippen molar-refractivity contribution in [3.8, 4) is 0 Å². The Labute approximate surface area is 98.4 Å². The summed E-state index contributed by atoms with van der Waals surface area (Å²) in [6, 6.07) is 0. The molecule has 1 rings (SSSR count). The van der Waals surface area contributed by atoms with Crippen LogP contribution in [0.5, 0.6) is 0 Å². The van der Waals surface area contributed by atoms with E-state index in [1.807, 2.05) is 6.92 Å². The van der Waals surface area contributed by atoms with E-state index in [1.165, 1.54) is 25.7 Å². The summed E-state index contributed by atoms with van der Waals surface area (Å²) in [4.78, 5) is 11.1. The van der Waals surface area contributed by atoms with Gasteiger partial charge in [0.2, 0.25) is 0 Å². The van der Waals surface area contributed by atoms with Crippen molar-refractivity contribution in [2.45, 2.75) is 58.5 Å². The van der Waals surface area contributed by atoms with Crippen LogP contribution in [-0.2, 0) is 9.53 Å². The summed E-state index contributed by atoms with van der Waals surface area (Å²) >= 11 is 0. The highest BCUT2D eigenvalue weighted by molar-refractivity contribution is 5.84. The summed E-state index contributed by atoms with van der Waals surface area (Å²) < 4.78 is 5.03. The average molecular weight is 222 g/mol. The first-order valence-corrected chi connectivity index (χ1v) is 6.30. The van der Waals surface area contributed by atoms with E-state index in [2.05, 4.69) is 19.1 Å². The third-order valence-electron chi connectivity index (χ3n) is 2.70. The molecule has 1 heterocycles. The molecule has 1 unspecified atom stereocenters. The maximum Gasteiger partial charge on any atom is 0.331 e. The van der Waals surface area contributed by atoms with Gasteiger partial charge in [0, 0.05) is 12.5 Å². The van der Waals surface area contributed by atoms with Gasteiger partial charge in [0.1, 0.15) is 6.10 Å². The van der Waals surface area contributed by atoms with Crippen LogP contribution >= 0.6 is 0 Å². The molecule has 1 atom stereocenters. The normalized spacial score (nSPS) is 21.0. The predicted octanol–water partition coefficient (Wildman–Crippen LogP) is 3.77. The molecule has 0 aliphatic carbocycles. The number of allylic oxidation sites excluding steroid dienone is 2. The van der Waals surface area contributed by atoms with Crippen LogP contribution in [0.4, 0.5) is 0 Å². The SMILES string of the molecule is CCCCCC/C=C/C1=CC(=O)OC(C)C1. The third-order valence-corrected chi connectivity index (χ3v) is 2.70. The van der Waals surface area contributed by atoms with E-state index in [0.717, 1.165) is 18.4 Å². The molecule has 0 bridgehead atoms. The smallest absolute Gasteiger partial charge is 0.331 e. The van der Waals surface area contributed by atoms with E-state index in [9.17, 15) is 4.79 Å². The highest BCUT2D eigenvalue weighted by Gasteiger charge is 2.15. The molecule has 0 saturated carbocycles. The lowest BCUT2D eigenvalue weighted by atomic mass is 10.0. The molecule has 0 fully saturated rings. The predicted molar refractivity (Wildman–Crippen MR) is 66.2 cm³/mol. The maximum absolute atomic E-state index is 11.1. The van der Waals surface area contributed by atoms with Gasteiger partial charge in [-0.2, -0.15) is 0 Å². The summed E-state index contributed by atoms with van der Waals surface area (Å²) in [7, 11) is 0. The summed E-state index contributed by atoms with van der Waals surface area (Å²) in [5, 5.41) is 0. The minimum Gasteiger partial charge on any atom is -0.459 e. The molecule has 90 valence electrons. The molecule has 0 aromatic rings. The van der Waals surface area contributed by atoms with Crippen molar-refractivity contribution in [1.82, 2.24) is 0 Å². The molecule has 0 spiro atoms. The van der Waals surface area contributed by atoms with E-state index in [1.54, 1.807) is 6.08 Å². The number of ether oxygens (including phenoxy) is 1. The molecule has 0 aromatic heterocycles. The van der Waals surface area contributed by atoms with Crippen LogP contribution in [0.1, 0.15) is 52.4 Å². The minimum absolute atomic E-state index is 0.0252. The lowest BCUT2D eigenvalue weighted by Crippen LogP contribution is -2.18. The number of carbonyl (C=O) groups excluding carboxylic acids is 1. The first-order chi connectivity index (χ1) is 7.72. The average Bonchev–Trinajstić information content (AvgIpc) is 2.22. The van der Waals surface area contributed by atoms with Crippen molar-refractivity contribution in [2.75, 3.05) is 0 Å². The first kappa shape index (κ1) is 13.0. The summed E-state index contributed by atoms with van der Waals surface area (Å²) in [5.74, 6) is -0.204. The Hall–Kier alpha value is -1.05. The van der Waals surface area contributed by atoms with Gasteiger partial charge in [-0.3, -0.25) is 0 Å². The highest BCUT2D eigenvalue weighted by atomic mass is 16.5. The highest BCUT2D eigenvalue weighted by Crippen LogP contribution is 2.16. The fourth-order valence-electron chi connectivity index (χ4n) is 1.86. The monoisotopic (exact) mass is 222 g/mol. The fraction of sp³-hybridized carbons (Fsp3) is 0.643. The van der Waals surface area contributed by atoms with Gasteiger partial charge in [0.15, 0.2) is 0 Å². The quantitative estimate of drug-likeness (QED) is 0.505. The largest absolute Gasteiger partial charge is 0.459 e. The molecule has 0 aromatic carbocycles. The number of rotatable bonds is 6. The van der Waals surface area contributed by atoms with E-state index in [-0.39, 0.29) is 12.1 Å². The van der Waals surface area contributed by atoms with E-state index in [4.69, 9.17) is 4.74 Å². The number of hydrogen-bond acceptors (Lipinski definition) is 2. The van der Waals surface area contributed by atoms with Crippen LogP contribution in [0.3, 0.4) is 0 Å². The molecular formula is C14H22O2. The van der Waals surface area contributed by atoms with Crippen molar-refractivity contribution < 1.29 is 9.53 Å². The summed E-state index contributed by atoms with van der Waals surface area (Å²) in [5.41, 5.74) is 1.10. The second-order valence-electron chi connectivity index (χ2n) is 4.42. The van der Waals surface area contributed by atoms with Crippen molar-refractivity contribution in [3.05, 3.63) is 23.8 Å². The Morgan fingerprint density at radius 2 is 2.25 bits per heavy atom. The van der Waals surface area contributed by atoms with Crippen LogP contribution in [-0.4, -0.2) is 12.1 Å². The van der Waals surface area contributed by atoms with Crippen molar-refractivity contribution >= 4 is 5.97 Å². The van der Waals surface area contributed by atoms with Crippen LogP contribution in [0.2, 0.25) is 0 Å². The molecule has 16 heavy (non-hydrogen) atoms. The lowest BCUT2D eigenvalue weighted by molar-refractivity contribution is -0.143. The van der Waals surface area contributed by atoms with E-state index in [0.29, 0.717) is 0 Å². The van der Waals surface area contributed by atoms with Crippen LogP contribution < -0.4 is 0 Å². The Morgan fingerprint density at radius 1 is 1.44 bits per heavy atom. The Kier molecular flexibility index (Phi) is 5.91. The second kappa shape index (κ2) is 7.26. The van der Waals surface area contributed by atoms with Crippen LogP contribution in [0.25, 0.3) is 0 Å². The number of cyclic esters (lactones) is 1. The summed E-state index contributed by atoms with van der Waals surface area (Å²) in [6.07, 6.45) is 13.0. The van der Waals surface area contributed by atoms with E-state index < -0.39 is 0 Å². The number of carbonyl (C=O) groups is 1. The minimum atomic E-state index is -0.204. The molecule has 1 aliphatic heterocycles. The molecule has 0 radical (unpaired) electrons. The first-order valence-electron chi connectivity index (χ1n) is 6.30. The second-order valence-corrected chi connectivity index (χ2v) is 4.42. The van der Waals surface area contributed by atoms with Crippen molar-refractivity contribution in [2.24, 2.45) is 0 Å². The molecule has 0 amide bonds. The Morgan fingerprint density at radius 3 is 2.94 bits per heavy atom. The molecule has 1 aliphatic rings. The molecule has 0 saturated heterocycles. The van der Waals surface area contributed by atoms with Gasteiger partial charge in [0.05, 0.1) is 0 Å². The summed E-state index contributed by atoms with van der Waals surface area (Å²) in [6.45, 7) is 4.15. The van der Waals surface area contributed by atoms with Gasteiger partial charge in [0.25, 0.3) is 0 Å². The zero-order chi connectivity index (χ0) is 11.8. The zero-order valence-electron chi connectivity index (χ0n) is 10.4. The van der Waals surface area contributed by atoms with Gasteiger partial charge in [-0.05, 0) is 25.3 Å². The van der Waals surface area contributed by atoms with Crippen molar-refractivity contribution in [1.29, 1.82) is 0 Å². The maximum atomic E-state index is 11.1. The molecule has 2 heteroatoms. The number of unbranched alkanes of at least 4 members (excludes halogenated alkanes) is 4. The Bertz CT molecular complexity index is 276. The number of hydrogen-bond donors (Lipinski definition) is 0. The van der Waals surface area contributed by atoms with Crippen LogP contribution in [0.15, 0.2) is 23.8 Å². The third kappa shape index (κ3) is 5.15. The number of esters is 1.